The summed E-state index contributed by atoms with van der Waals surface area (Å²) in [5, 5.41) is 2.71. The normalized spacial score (nSPS) is 16.3. The van der Waals surface area contributed by atoms with Gasteiger partial charge in [-0.3, -0.25) is 9.69 Å². The van der Waals surface area contributed by atoms with Crippen molar-refractivity contribution in [3.8, 4) is 0 Å². The van der Waals surface area contributed by atoms with Crippen molar-refractivity contribution in [3.63, 3.8) is 0 Å². The van der Waals surface area contributed by atoms with Crippen molar-refractivity contribution in [2.45, 2.75) is 37.5 Å². The molecule has 0 atom stereocenters. The van der Waals surface area contributed by atoms with Gasteiger partial charge < -0.3 is 10.1 Å². The number of likely N-dealkylation sites (N-methyl/N-ethyl adjacent to an activating group) is 1. The van der Waals surface area contributed by atoms with Crippen LogP contribution in [0.4, 0.5) is 5.69 Å². The van der Waals surface area contributed by atoms with Crippen molar-refractivity contribution in [3.05, 3.63) is 23.8 Å². The number of benzene rings is 1. The lowest BCUT2D eigenvalue weighted by molar-refractivity contribution is -0.117. The lowest BCUT2D eigenvalue weighted by Gasteiger charge is -2.21. The number of nitrogens with zero attached hydrogens (tertiary/aromatic N) is 2. The Morgan fingerprint density at radius 3 is 2.50 bits per heavy atom. The van der Waals surface area contributed by atoms with Gasteiger partial charge in [-0.05, 0) is 44.5 Å². The summed E-state index contributed by atoms with van der Waals surface area (Å²) in [6.45, 7) is 3.05. The third kappa shape index (κ3) is 5.36. The van der Waals surface area contributed by atoms with Gasteiger partial charge in [0.05, 0.1) is 18.0 Å². The average Bonchev–Trinajstić information content (AvgIpc) is 2.86. The molecule has 144 valence electrons. The number of carbonyl (C=O) groups excluding carboxylic acids is 2. The number of carbonyl (C=O) groups is 2. The maximum atomic E-state index is 13.0. The molecule has 0 unspecified atom stereocenters. The maximum absolute atomic E-state index is 13.0. The second-order valence-corrected chi connectivity index (χ2v) is 8.62. The highest BCUT2D eigenvalue weighted by molar-refractivity contribution is 7.89. The molecule has 1 heterocycles. The van der Waals surface area contributed by atoms with Crippen LogP contribution in [0, 0.1) is 6.92 Å². The summed E-state index contributed by atoms with van der Waals surface area (Å²) < 4.78 is 27.6. The minimum absolute atomic E-state index is 0.0564. The molecule has 8 heteroatoms. The Bertz CT molecular complexity index is 741. The van der Waals surface area contributed by atoms with Crippen LogP contribution in [0.5, 0.6) is 0 Å². The summed E-state index contributed by atoms with van der Waals surface area (Å²) in [6, 6.07) is 4.91. The minimum Gasteiger partial charge on any atom is -0.325 e. The Morgan fingerprint density at radius 1 is 1.23 bits per heavy atom. The fourth-order valence-corrected chi connectivity index (χ4v) is 4.78. The van der Waals surface area contributed by atoms with E-state index in [-0.39, 0.29) is 23.9 Å². The van der Waals surface area contributed by atoms with Gasteiger partial charge in [0.1, 0.15) is 6.29 Å². The van der Waals surface area contributed by atoms with Gasteiger partial charge in [-0.15, -0.1) is 0 Å². The van der Waals surface area contributed by atoms with Gasteiger partial charge in [0.15, 0.2) is 0 Å². The zero-order chi connectivity index (χ0) is 19.2. The maximum Gasteiger partial charge on any atom is 0.243 e. The van der Waals surface area contributed by atoms with Gasteiger partial charge in [-0.25, -0.2) is 8.42 Å². The van der Waals surface area contributed by atoms with Crippen LogP contribution in [0.15, 0.2) is 23.1 Å². The lowest BCUT2D eigenvalue weighted by atomic mass is 10.2. The van der Waals surface area contributed by atoms with E-state index in [1.54, 1.807) is 35.3 Å². The molecule has 26 heavy (non-hydrogen) atoms. The molecule has 1 N–H and O–H groups in total. The predicted molar refractivity (Wildman–Crippen MR) is 101 cm³/mol. The van der Waals surface area contributed by atoms with Gasteiger partial charge in [0.25, 0.3) is 0 Å². The molecular formula is C18H27N3O4S. The Hall–Kier alpha value is -1.77. The van der Waals surface area contributed by atoms with Crippen LogP contribution in [0.3, 0.4) is 0 Å². The van der Waals surface area contributed by atoms with Crippen LogP contribution < -0.4 is 5.32 Å². The Balaban J connectivity index is 2.18. The second kappa shape index (κ2) is 9.25. The summed E-state index contributed by atoms with van der Waals surface area (Å²) in [4.78, 5) is 24.3. The molecule has 0 saturated carbocycles. The first-order chi connectivity index (χ1) is 12.3. The molecule has 0 spiro atoms. The monoisotopic (exact) mass is 381 g/mol. The molecule has 1 saturated heterocycles. The van der Waals surface area contributed by atoms with Gasteiger partial charge in [0, 0.05) is 18.8 Å². The number of amides is 1. The average molecular weight is 381 g/mol. The van der Waals surface area contributed by atoms with E-state index in [4.69, 9.17) is 0 Å². The first kappa shape index (κ1) is 20.5. The van der Waals surface area contributed by atoms with Crippen LogP contribution in [0.2, 0.25) is 0 Å². The van der Waals surface area contributed by atoms with E-state index in [0.29, 0.717) is 24.3 Å². The van der Waals surface area contributed by atoms with Crippen LogP contribution >= 0.6 is 0 Å². The van der Waals surface area contributed by atoms with Gasteiger partial charge in [-0.1, -0.05) is 18.9 Å². The van der Waals surface area contributed by atoms with E-state index in [1.165, 1.54) is 6.07 Å². The number of hydrogen-bond donors (Lipinski definition) is 1. The number of hydrogen-bond acceptors (Lipinski definition) is 5. The number of anilines is 1. The highest BCUT2D eigenvalue weighted by atomic mass is 32.2. The molecule has 0 aromatic heterocycles. The molecule has 1 fully saturated rings. The van der Waals surface area contributed by atoms with Gasteiger partial charge in [0.2, 0.25) is 15.9 Å². The number of sulfonamides is 1. The van der Waals surface area contributed by atoms with Crippen molar-refractivity contribution in [1.29, 1.82) is 0 Å². The summed E-state index contributed by atoms with van der Waals surface area (Å²) in [5.74, 6) is -0.295. The third-order valence-corrected chi connectivity index (χ3v) is 6.50. The molecule has 0 aliphatic carbocycles. The van der Waals surface area contributed by atoms with E-state index in [1.807, 2.05) is 0 Å². The molecule has 2 rings (SSSR count). The summed E-state index contributed by atoms with van der Waals surface area (Å²) >= 11 is 0. The van der Waals surface area contributed by atoms with Crippen molar-refractivity contribution in [2.75, 3.05) is 38.5 Å². The summed E-state index contributed by atoms with van der Waals surface area (Å²) in [5.41, 5.74) is 1.10. The van der Waals surface area contributed by atoms with Crippen molar-refractivity contribution in [2.24, 2.45) is 0 Å². The highest BCUT2D eigenvalue weighted by Crippen LogP contribution is 2.25. The third-order valence-electron chi connectivity index (χ3n) is 4.45. The number of rotatable bonds is 7. The minimum atomic E-state index is -3.58. The molecule has 0 bridgehead atoms. The van der Waals surface area contributed by atoms with Crippen LogP contribution in [-0.4, -0.2) is 63.0 Å². The molecular weight excluding hydrogens is 354 g/mol. The zero-order valence-corrected chi connectivity index (χ0v) is 16.2. The molecule has 7 nitrogen and oxygen atoms in total. The molecule has 1 aliphatic rings. The highest BCUT2D eigenvalue weighted by Gasteiger charge is 2.27. The van der Waals surface area contributed by atoms with Crippen LogP contribution in [0.1, 0.15) is 31.2 Å². The fraction of sp³-hybridized carbons (Fsp3) is 0.556. The SMILES string of the molecule is Cc1ccc(NC(=O)CN(C)CC=O)cc1S(=O)(=O)N1CCCCCC1. The molecule has 1 aromatic carbocycles. The van der Waals surface area contributed by atoms with Gasteiger partial charge >= 0.3 is 0 Å². The number of aldehydes is 1. The summed E-state index contributed by atoms with van der Waals surface area (Å²) in [7, 11) is -1.92. The first-order valence-corrected chi connectivity index (χ1v) is 10.3. The standard InChI is InChI=1S/C18H27N3O4S/c1-15-7-8-16(19-18(23)14-20(2)11-12-22)13-17(15)26(24,25)21-9-5-3-4-6-10-21/h7-8,12-13H,3-6,9-11,14H2,1-2H3,(H,19,23). The van der Waals surface area contributed by atoms with E-state index < -0.39 is 10.0 Å². The van der Waals surface area contributed by atoms with Crippen LogP contribution in [0.25, 0.3) is 0 Å². The molecule has 1 amide bonds. The molecule has 0 radical (unpaired) electrons. The van der Waals surface area contributed by atoms with E-state index in [9.17, 15) is 18.0 Å². The van der Waals surface area contributed by atoms with E-state index in [0.717, 1.165) is 32.0 Å². The predicted octanol–water partition coefficient (Wildman–Crippen LogP) is 1.63. The Morgan fingerprint density at radius 2 is 1.88 bits per heavy atom. The van der Waals surface area contributed by atoms with Gasteiger partial charge in [-0.2, -0.15) is 4.31 Å². The number of aryl methyl sites for hydroxylation is 1. The Labute approximate surface area is 155 Å². The quantitative estimate of drug-likeness (QED) is 0.726. The fourth-order valence-electron chi connectivity index (χ4n) is 3.01. The van der Waals surface area contributed by atoms with E-state index >= 15 is 0 Å². The number of nitrogens with one attached hydrogen (secondary N) is 1. The summed E-state index contributed by atoms with van der Waals surface area (Å²) in [6.07, 6.45) is 4.57. The van der Waals surface area contributed by atoms with E-state index in [2.05, 4.69) is 5.32 Å². The molecule has 1 aliphatic heterocycles. The van der Waals surface area contributed by atoms with Crippen molar-refractivity contribution < 1.29 is 18.0 Å². The van der Waals surface area contributed by atoms with Crippen molar-refractivity contribution >= 4 is 27.9 Å². The lowest BCUT2D eigenvalue weighted by Crippen LogP contribution is -2.33. The topological polar surface area (TPSA) is 86.8 Å². The Kier molecular flexibility index (Phi) is 7.31. The molecule has 1 aromatic rings. The second-order valence-electron chi connectivity index (χ2n) is 6.71. The first-order valence-electron chi connectivity index (χ1n) is 8.87. The largest absolute Gasteiger partial charge is 0.325 e. The van der Waals surface area contributed by atoms with Crippen LogP contribution in [-0.2, 0) is 19.6 Å². The zero-order valence-electron chi connectivity index (χ0n) is 15.4. The van der Waals surface area contributed by atoms with Crippen molar-refractivity contribution in [1.82, 2.24) is 9.21 Å². The smallest absolute Gasteiger partial charge is 0.243 e.